The van der Waals surface area contributed by atoms with Crippen molar-refractivity contribution in [3.05, 3.63) is 52.6 Å². The number of furan rings is 1. The van der Waals surface area contributed by atoms with E-state index in [0.717, 1.165) is 19.0 Å². The molecule has 2 fully saturated rings. The summed E-state index contributed by atoms with van der Waals surface area (Å²) in [5.74, 6) is 0.826. The number of carbonyl (C=O) groups excluding carboxylic acids is 2. The van der Waals surface area contributed by atoms with E-state index < -0.39 is 5.97 Å². The molecule has 31 heavy (non-hydrogen) atoms. The zero-order valence-electron chi connectivity index (χ0n) is 17.4. The van der Waals surface area contributed by atoms with Gasteiger partial charge in [0, 0.05) is 31.8 Å². The third kappa shape index (κ3) is 4.67. The Morgan fingerprint density at radius 3 is 2.81 bits per heavy atom. The molecular weight excluding hydrogens is 418 g/mol. The van der Waals surface area contributed by atoms with E-state index in [1.54, 1.807) is 35.2 Å². The Bertz CT molecular complexity index is 1040. The number of nitrogens with zero attached hydrogens (tertiary/aromatic N) is 3. The van der Waals surface area contributed by atoms with Crippen LogP contribution >= 0.6 is 11.8 Å². The Morgan fingerprint density at radius 1 is 1.26 bits per heavy atom. The van der Waals surface area contributed by atoms with Crippen LogP contribution in [0.1, 0.15) is 23.0 Å². The van der Waals surface area contributed by atoms with Crippen LogP contribution in [0.5, 0.6) is 0 Å². The van der Waals surface area contributed by atoms with Crippen molar-refractivity contribution in [2.75, 3.05) is 44.9 Å². The summed E-state index contributed by atoms with van der Waals surface area (Å²) in [6, 6.07) is 10.6. The Kier molecular flexibility index (Phi) is 6.43. The second-order valence-corrected chi connectivity index (χ2v) is 7.88. The number of ether oxygens (including phenoxy) is 2. The van der Waals surface area contributed by atoms with Gasteiger partial charge in [-0.1, -0.05) is 6.07 Å². The molecule has 0 N–H and O–H groups in total. The van der Waals surface area contributed by atoms with Gasteiger partial charge in [0.1, 0.15) is 5.76 Å². The van der Waals surface area contributed by atoms with E-state index in [9.17, 15) is 9.59 Å². The van der Waals surface area contributed by atoms with Crippen LogP contribution in [0.4, 0.5) is 11.6 Å². The number of aliphatic imine (C=N–C) groups is 1. The number of anilines is 1. The first-order valence-corrected chi connectivity index (χ1v) is 10.8. The molecule has 162 valence electrons. The van der Waals surface area contributed by atoms with Crippen molar-refractivity contribution in [1.82, 2.24) is 4.90 Å². The molecule has 2 aromatic rings. The number of rotatable bonds is 5. The highest BCUT2D eigenvalue weighted by Crippen LogP contribution is 2.35. The molecule has 1 amide bonds. The van der Waals surface area contributed by atoms with Crippen LogP contribution in [0, 0.1) is 0 Å². The number of esters is 1. The van der Waals surface area contributed by atoms with Crippen molar-refractivity contribution < 1.29 is 23.5 Å². The Balaban J connectivity index is 1.56. The van der Waals surface area contributed by atoms with Crippen LogP contribution in [-0.2, 0) is 14.3 Å². The molecule has 2 aliphatic rings. The van der Waals surface area contributed by atoms with Crippen molar-refractivity contribution in [2.45, 2.75) is 6.92 Å². The van der Waals surface area contributed by atoms with E-state index in [4.69, 9.17) is 13.9 Å². The number of hydrogen-bond donors (Lipinski definition) is 0. The summed E-state index contributed by atoms with van der Waals surface area (Å²) >= 11 is 1.28. The first-order valence-electron chi connectivity index (χ1n) is 10.00. The molecule has 0 radical (unpaired) electrons. The van der Waals surface area contributed by atoms with Crippen molar-refractivity contribution in [1.29, 1.82) is 0 Å². The smallest absolute Gasteiger partial charge is 0.337 e. The topological polar surface area (TPSA) is 84.6 Å². The van der Waals surface area contributed by atoms with Crippen LogP contribution in [-0.4, -0.2) is 61.9 Å². The number of carbonyl (C=O) groups is 2. The molecule has 0 aliphatic carbocycles. The first-order chi connectivity index (χ1) is 15.1. The number of thioether (sulfide) groups is 1. The summed E-state index contributed by atoms with van der Waals surface area (Å²) in [7, 11) is 1.33. The molecule has 2 saturated heterocycles. The van der Waals surface area contributed by atoms with Crippen LogP contribution < -0.4 is 4.90 Å². The molecule has 0 atom stereocenters. The van der Waals surface area contributed by atoms with Gasteiger partial charge in [-0.05, 0) is 43.0 Å². The minimum atomic E-state index is -0.431. The maximum absolute atomic E-state index is 12.9. The molecule has 0 unspecified atom stereocenters. The lowest BCUT2D eigenvalue weighted by Crippen LogP contribution is -2.35. The van der Waals surface area contributed by atoms with E-state index in [1.807, 2.05) is 19.1 Å². The second-order valence-electron chi connectivity index (χ2n) is 6.87. The maximum atomic E-state index is 12.9. The number of amidine groups is 1. The van der Waals surface area contributed by atoms with Gasteiger partial charge < -0.3 is 18.8 Å². The summed E-state index contributed by atoms with van der Waals surface area (Å²) < 4.78 is 16.1. The molecule has 0 bridgehead atoms. The molecule has 9 heteroatoms. The molecule has 0 saturated carbocycles. The molecule has 1 aromatic carbocycles. The quantitative estimate of drug-likeness (QED) is 0.518. The predicted molar refractivity (Wildman–Crippen MR) is 120 cm³/mol. The summed E-state index contributed by atoms with van der Waals surface area (Å²) in [5.41, 5.74) is 0.981. The largest absolute Gasteiger partial charge is 0.465 e. The Morgan fingerprint density at radius 2 is 2.06 bits per heavy atom. The second kappa shape index (κ2) is 9.40. The third-order valence-electron chi connectivity index (χ3n) is 4.91. The normalized spacial score (nSPS) is 19.5. The highest BCUT2D eigenvalue weighted by Gasteiger charge is 2.32. The highest BCUT2D eigenvalue weighted by atomic mass is 32.2. The minimum absolute atomic E-state index is 0.125. The van der Waals surface area contributed by atoms with Gasteiger partial charge in [0.15, 0.2) is 11.1 Å². The lowest BCUT2D eigenvalue weighted by atomic mass is 10.2. The lowest BCUT2D eigenvalue weighted by Gasteiger charge is -2.26. The van der Waals surface area contributed by atoms with Gasteiger partial charge in [0.2, 0.25) is 0 Å². The van der Waals surface area contributed by atoms with E-state index in [2.05, 4.69) is 9.89 Å². The Labute approximate surface area is 184 Å². The van der Waals surface area contributed by atoms with Gasteiger partial charge in [0.05, 0.1) is 36.5 Å². The number of amides is 1. The van der Waals surface area contributed by atoms with E-state index >= 15 is 0 Å². The predicted octanol–water partition coefficient (Wildman–Crippen LogP) is 3.53. The fourth-order valence-electron chi connectivity index (χ4n) is 3.30. The standard InChI is InChI=1S/C22H23N3O5S/c1-3-25-20(26)18(14-17-7-8-19(30-17)24-9-11-29-12-10-24)31-22(25)23-16-6-4-5-15(13-16)21(27)28-2/h4-8,13-14H,3,9-12H2,1-2H3. The molecule has 3 heterocycles. The monoisotopic (exact) mass is 441 g/mol. The average Bonchev–Trinajstić information content (AvgIpc) is 3.38. The Hall–Kier alpha value is -3.04. The fourth-order valence-corrected chi connectivity index (χ4v) is 4.35. The van der Waals surface area contributed by atoms with Gasteiger partial charge in [-0.25, -0.2) is 9.79 Å². The summed E-state index contributed by atoms with van der Waals surface area (Å²) in [6.45, 7) is 5.29. The third-order valence-corrected chi connectivity index (χ3v) is 5.91. The van der Waals surface area contributed by atoms with Crippen molar-refractivity contribution in [3.63, 3.8) is 0 Å². The SMILES string of the molecule is CCN1C(=O)C(=Cc2ccc(N3CCOCC3)o2)SC1=Nc1cccc(C(=O)OC)c1. The molecular formula is C22H23N3O5S. The van der Waals surface area contributed by atoms with Crippen molar-refractivity contribution in [3.8, 4) is 0 Å². The minimum Gasteiger partial charge on any atom is -0.465 e. The molecule has 2 aliphatic heterocycles. The zero-order chi connectivity index (χ0) is 21.8. The maximum Gasteiger partial charge on any atom is 0.337 e. The number of likely N-dealkylation sites (N-methyl/N-ethyl adjacent to an activating group) is 1. The average molecular weight is 442 g/mol. The fraction of sp³-hybridized carbons (Fsp3) is 0.318. The first kappa shape index (κ1) is 21.2. The number of morpholine rings is 1. The van der Waals surface area contributed by atoms with Crippen LogP contribution in [0.25, 0.3) is 6.08 Å². The summed E-state index contributed by atoms with van der Waals surface area (Å²) in [4.78, 5) is 33.5. The molecule has 0 spiro atoms. The molecule has 4 rings (SSSR count). The highest BCUT2D eigenvalue weighted by molar-refractivity contribution is 8.18. The lowest BCUT2D eigenvalue weighted by molar-refractivity contribution is -0.122. The van der Waals surface area contributed by atoms with Gasteiger partial charge in [-0.3, -0.25) is 9.69 Å². The molecule has 1 aromatic heterocycles. The van der Waals surface area contributed by atoms with Gasteiger partial charge in [-0.2, -0.15) is 0 Å². The van der Waals surface area contributed by atoms with Crippen LogP contribution in [0.3, 0.4) is 0 Å². The summed E-state index contributed by atoms with van der Waals surface area (Å²) in [6.07, 6.45) is 1.74. The number of benzene rings is 1. The van der Waals surface area contributed by atoms with Crippen LogP contribution in [0.2, 0.25) is 0 Å². The van der Waals surface area contributed by atoms with Gasteiger partial charge >= 0.3 is 5.97 Å². The van der Waals surface area contributed by atoms with Gasteiger partial charge in [-0.15, -0.1) is 0 Å². The van der Waals surface area contributed by atoms with Gasteiger partial charge in [0.25, 0.3) is 5.91 Å². The number of methoxy groups -OCH3 is 1. The summed E-state index contributed by atoms with van der Waals surface area (Å²) in [5, 5.41) is 0.556. The van der Waals surface area contributed by atoms with E-state index in [0.29, 0.717) is 46.8 Å². The zero-order valence-corrected chi connectivity index (χ0v) is 18.2. The number of hydrogen-bond acceptors (Lipinski definition) is 8. The molecule has 8 nitrogen and oxygen atoms in total. The van der Waals surface area contributed by atoms with E-state index in [-0.39, 0.29) is 5.91 Å². The van der Waals surface area contributed by atoms with E-state index in [1.165, 1.54) is 18.9 Å². The van der Waals surface area contributed by atoms with Crippen LogP contribution in [0.15, 0.2) is 50.7 Å². The van der Waals surface area contributed by atoms with Crippen molar-refractivity contribution >= 4 is 46.5 Å². The van der Waals surface area contributed by atoms with Crippen molar-refractivity contribution in [2.24, 2.45) is 4.99 Å².